The number of hydrogen-bond acceptors (Lipinski definition) is 4. The number of amides is 1. The number of thiophene rings is 1. The molecular weight excluding hydrogens is 270 g/mol. The molecule has 2 rings (SSSR count). The summed E-state index contributed by atoms with van der Waals surface area (Å²) in [5, 5.41) is 6.10. The molecule has 0 aromatic carbocycles. The predicted octanol–water partition coefficient (Wildman–Crippen LogP) is 3.07. The summed E-state index contributed by atoms with van der Waals surface area (Å²) in [7, 11) is 0. The van der Waals surface area contributed by atoms with E-state index in [9.17, 15) is 4.79 Å². The van der Waals surface area contributed by atoms with Gasteiger partial charge in [0.05, 0.1) is 24.0 Å². The van der Waals surface area contributed by atoms with Gasteiger partial charge in [-0.3, -0.25) is 9.78 Å². The Morgan fingerprint density at radius 3 is 2.75 bits per heavy atom. The van der Waals surface area contributed by atoms with Gasteiger partial charge in [0.1, 0.15) is 0 Å². The fraction of sp³-hybridized carbons (Fsp3) is 0.333. The van der Waals surface area contributed by atoms with Crippen LogP contribution in [0.1, 0.15) is 34.0 Å². The van der Waals surface area contributed by atoms with Crippen molar-refractivity contribution < 1.29 is 4.79 Å². The lowest BCUT2D eigenvalue weighted by atomic mass is 10.2. The molecule has 0 radical (unpaired) electrons. The van der Waals surface area contributed by atoms with Crippen molar-refractivity contribution in [3.63, 3.8) is 0 Å². The van der Waals surface area contributed by atoms with Crippen LogP contribution in [0.3, 0.4) is 0 Å². The quantitative estimate of drug-likeness (QED) is 0.859. The smallest absolute Gasteiger partial charge is 0.253 e. The molecule has 0 saturated heterocycles. The molecule has 2 N–H and O–H groups in total. The zero-order valence-corrected chi connectivity index (χ0v) is 12.6. The second kappa shape index (κ2) is 7.05. The Balaban J connectivity index is 2.01. The Bertz CT molecular complexity index is 580. The van der Waals surface area contributed by atoms with Gasteiger partial charge in [-0.25, -0.2) is 0 Å². The van der Waals surface area contributed by atoms with Crippen LogP contribution in [0.4, 0.5) is 5.69 Å². The number of aryl methyl sites for hydroxylation is 1. The zero-order valence-electron chi connectivity index (χ0n) is 11.8. The number of carbonyl (C=O) groups excluding carboxylic acids is 1. The Labute approximate surface area is 123 Å². The molecule has 0 fully saturated rings. The van der Waals surface area contributed by atoms with Gasteiger partial charge in [-0.1, -0.05) is 6.92 Å². The van der Waals surface area contributed by atoms with Crippen molar-refractivity contribution in [1.29, 1.82) is 0 Å². The van der Waals surface area contributed by atoms with Crippen LogP contribution in [0.25, 0.3) is 0 Å². The van der Waals surface area contributed by atoms with E-state index in [1.807, 2.05) is 6.92 Å². The molecule has 0 saturated carbocycles. The van der Waals surface area contributed by atoms with Crippen LogP contribution < -0.4 is 10.6 Å². The van der Waals surface area contributed by atoms with Crippen molar-refractivity contribution in [3.8, 4) is 0 Å². The normalized spacial score (nSPS) is 10.3. The van der Waals surface area contributed by atoms with E-state index in [0.717, 1.165) is 18.7 Å². The maximum atomic E-state index is 12.2. The minimum absolute atomic E-state index is 0.0743. The molecule has 4 nitrogen and oxygen atoms in total. The van der Waals surface area contributed by atoms with Gasteiger partial charge in [0.15, 0.2) is 0 Å². The number of carbonyl (C=O) groups is 1. The SMILES string of the molecule is CCNc1cnccc1C(=O)NCc1ccc(CC)s1. The Morgan fingerprint density at radius 2 is 2.05 bits per heavy atom. The highest BCUT2D eigenvalue weighted by molar-refractivity contribution is 7.11. The first-order chi connectivity index (χ1) is 9.74. The molecule has 0 aliphatic heterocycles. The number of nitrogens with one attached hydrogen (secondary N) is 2. The van der Waals surface area contributed by atoms with Crippen molar-refractivity contribution in [3.05, 3.63) is 45.9 Å². The maximum absolute atomic E-state index is 12.2. The van der Waals surface area contributed by atoms with E-state index in [0.29, 0.717) is 12.1 Å². The van der Waals surface area contributed by atoms with Gasteiger partial charge in [0.25, 0.3) is 5.91 Å². The summed E-state index contributed by atoms with van der Waals surface area (Å²) in [6.45, 7) is 5.45. The zero-order chi connectivity index (χ0) is 14.4. The molecule has 20 heavy (non-hydrogen) atoms. The Kier molecular flexibility index (Phi) is 5.12. The molecule has 0 unspecified atom stereocenters. The highest BCUT2D eigenvalue weighted by Gasteiger charge is 2.10. The summed E-state index contributed by atoms with van der Waals surface area (Å²) in [6.07, 6.45) is 4.35. The molecule has 2 aromatic rings. The third kappa shape index (κ3) is 3.57. The van der Waals surface area contributed by atoms with Crippen molar-refractivity contribution in [2.75, 3.05) is 11.9 Å². The third-order valence-electron chi connectivity index (χ3n) is 2.92. The molecule has 2 heterocycles. The molecule has 0 bridgehead atoms. The summed E-state index contributed by atoms with van der Waals surface area (Å²) in [6, 6.07) is 5.92. The van der Waals surface area contributed by atoms with E-state index in [-0.39, 0.29) is 5.91 Å². The molecule has 106 valence electrons. The van der Waals surface area contributed by atoms with Crippen LogP contribution in [0.5, 0.6) is 0 Å². The van der Waals surface area contributed by atoms with Crippen LogP contribution in [0.2, 0.25) is 0 Å². The average molecular weight is 289 g/mol. The molecule has 0 atom stereocenters. The number of rotatable bonds is 6. The van der Waals surface area contributed by atoms with E-state index in [1.54, 1.807) is 29.8 Å². The van der Waals surface area contributed by atoms with E-state index in [1.165, 1.54) is 9.75 Å². The maximum Gasteiger partial charge on any atom is 0.253 e. The van der Waals surface area contributed by atoms with Crippen molar-refractivity contribution in [1.82, 2.24) is 10.3 Å². The van der Waals surface area contributed by atoms with Crippen molar-refractivity contribution in [2.24, 2.45) is 0 Å². The first kappa shape index (κ1) is 14.5. The fourth-order valence-corrected chi connectivity index (χ4v) is 2.79. The summed E-state index contributed by atoms with van der Waals surface area (Å²) in [4.78, 5) is 18.8. The lowest BCUT2D eigenvalue weighted by Gasteiger charge is -2.09. The molecule has 0 spiro atoms. The summed E-state index contributed by atoms with van der Waals surface area (Å²) in [5.74, 6) is -0.0743. The summed E-state index contributed by atoms with van der Waals surface area (Å²) < 4.78 is 0. The van der Waals surface area contributed by atoms with Crippen LogP contribution >= 0.6 is 11.3 Å². The Morgan fingerprint density at radius 1 is 1.25 bits per heavy atom. The average Bonchev–Trinajstić information content (AvgIpc) is 2.94. The number of hydrogen-bond donors (Lipinski definition) is 2. The first-order valence-corrected chi connectivity index (χ1v) is 7.60. The number of anilines is 1. The molecular formula is C15H19N3OS. The van der Waals surface area contributed by atoms with Crippen LogP contribution in [0, 0.1) is 0 Å². The minimum Gasteiger partial charge on any atom is -0.383 e. The standard InChI is InChI=1S/C15H19N3OS/c1-3-11-5-6-12(20-11)9-18-15(19)13-7-8-16-10-14(13)17-4-2/h5-8,10,17H,3-4,9H2,1-2H3,(H,18,19). The van der Waals surface area contributed by atoms with Gasteiger partial charge in [0.2, 0.25) is 0 Å². The highest BCUT2D eigenvalue weighted by Crippen LogP contribution is 2.17. The van der Waals surface area contributed by atoms with Gasteiger partial charge >= 0.3 is 0 Å². The highest BCUT2D eigenvalue weighted by atomic mass is 32.1. The molecule has 5 heteroatoms. The van der Waals surface area contributed by atoms with Gasteiger partial charge < -0.3 is 10.6 Å². The summed E-state index contributed by atoms with van der Waals surface area (Å²) >= 11 is 1.74. The lowest BCUT2D eigenvalue weighted by molar-refractivity contribution is 0.0952. The second-order valence-electron chi connectivity index (χ2n) is 4.36. The van der Waals surface area contributed by atoms with Gasteiger partial charge in [-0.15, -0.1) is 11.3 Å². The largest absolute Gasteiger partial charge is 0.383 e. The van der Waals surface area contributed by atoms with Gasteiger partial charge in [-0.2, -0.15) is 0 Å². The number of aromatic nitrogens is 1. The van der Waals surface area contributed by atoms with Crippen molar-refractivity contribution >= 4 is 22.9 Å². The lowest BCUT2D eigenvalue weighted by Crippen LogP contribution is -2.23. The molecule has 1 amide bonds. The van der Waals surface area contributed by atoms with E-state index < -0.39 is 0 Å². The summed E-state index contributed by atoms with van der Waals surface area (Å²) in [5.41, 5.74) is 1.40. The molecule has 0 aliphatic rings. The number of pyridine rings is 1. The van der Waals surface area contributed by atoms with Gasteiger partial charge in [0, 0.05) is 22.5 Å². The monoisotopic (exact) mass is 289 g/mol. The molecule has 2 aromatic heterocycles. The van der Waals surface area contributed by atoms with Crippen LogP contribution in [0.15, 0.2) is 30.6 Å². The predicted molar refractivity (Wildman–Crippen MR) is 83.3 cm³/mol. The fourth-order valence-electron chi connectivity index (χ4n) is 1.89. The minimum atomic E-state index is -0.0743. The van der Waals surface area contributed by atoms with Crippen molar-refractivity contribution in [2.45, 2.75) is 26.8 Å². The van der Waals surface area contributed by atoms with Gasteiger partial charge in [-0.05, 0) is 31.5 Å². The first-order valence-electron chi connectivity index (χ1n) is 6.78. The van der Waals surface area contributed by atoms with E-state index in [4.69, 9.17) is 0 Å². The number of nitrogens with zero attached hydrogens (tertiary/aromatic N) is 1. The van der Waals surface area contributed by atoms with E-state index >= 15 is 0 Å². The van der Waals surface area contributed by atoms with E-state index in [2.05, 4.69) is 34.7 Å². The Hall–Kier alpha value is -1.88. The van der Waals surface area contributed by atoms with Crippen LogP contribution in [-0.2, 0) is 13.0 Å². The van der Waals surface area contributed by atoms with Crippen LogP contribution in [-0.4, -0.2) is 17.4 Å². The second-order valence-corrected chi connectivity index (χ2v) is 5.61. The topological polar surface area (TPSA) is 54.0 Å². The third-order valence-corrected chi connectivity index (χ3v) is 4.15. The molecule has 0 aliphatic carbocycles.